The van der Waals surface area contributed by atoms with Gasteiger partial charge in [-0.15, -0.1) is 0 Å². The maximum Gasteiger partial charge on any atom is 0.243 e. The Kier molecular flexibility index (Phi) is 6.00. The van der Waals surface area contributed by atoms with Crippen molar-refractivity contribution in [3.05, 3.63) is 47.8 Å². The summed E-state index contributed by atoms with van der Waals surface area (Å²) in [6.07, 6.45) is 0. The quantitative estimate of drug-likeness (QED) is 0.522. The molecule has 10 heteroatoms. The largest absolute Gasteiger partial charge is 0.454 e. The molecule has 0 spiro atoms. The van der Waals surface area contributed by atoms with Gasteiger partial charge >= 0.3 is 0 Å². The van der Waals surface area contributed by atoms with Gasteiger partial charge in [-0.2, -0.15) is 4.31 Å². The third-order valence-corrected chi connectivity index (χ3v) is 7.92. The molecule has 1 fully saturated rings. The Bertz CT molecular complexity index is 1270. The Hall–Kier alpha value is -2.66. The lowest BCUT2D eigenvalue weighted by atomic mass is 10.2. The van der Waals surface area contributed by atoms with Crippen LogP contribution in [-0.4, -0.2) is 67.3 Å². The summed E-state index contributed by atoms with van der Waals surface area (Å²) < 4.78 is 45.9. The van der Waals surface area contributed by atoms with Gasteiger partial charge in [0.15, 0.2) is 11.5 Å². The van der Waals surface area contributed by atoms with E-state index in [1.165, 1.54) is 4.31 Å². The fourth-order valence-corrected chi connectivity index (χ4v) is 5.81. The highest BCUT2D eigenvalue weighted by Crippen LogP contribution is 2.33. The van der Waals surface area contributed by atoms with E-state index in [2.05, 4.69) is 16.4 Å². The minimum atomic E-state index is -3.56. The van der Waals surface area contributed by atoms with Crippen LogP contribution in [0.4, 0.5) is 0 Å². The van der Waals surface area contributed by atoms with Crippen LogP contribution in [-0.2, 0) is 34.4 Å². The number of aryl methyl sites for hydroxylation is 1. The molecule has 1 aromatic heterocycles. The molecular weight excluding hydrogens is 444 g/mol. The van der Waals surface area contributed by atoms with Crippen molar-refractivity contribution in [2.75, 3.05) is 40.1 Å². The van der Waals surface area contributed by atoms with Crippen molar-refractivity contribution in [3.63, 3.8) is 0 Å². The van der Waals surface area contributed by atoms with E-state index < -0.39 is 10.0 Å². The number of sulfonamides is 1. The van der Waals surface area contributed by atoms with Crippen molar-refractivity contribution in [1.82, 2.24) is 18.8 Å². The Morgan fingerprint density at radius 2 is 1.82 bits per heavy atom. The molecule has 0 N–H and O–H groups in total. The molecule has 0 bridgehead atoms. The predicted molar refractivity (Wildman–Crippen MR) is 123 cm³/mol. The molecule has 2 aromatic carbocycles. The molecule has 3 aromatic rings. The maximum atomic E-state index is 13.1. The SMILES string of the molecule is CCn1c(CN(C)Cc2ccc3c(c2)OCO3)nc2cc(S(=O)(=O)N3CCOCC3)ccc21. The van der Waals surface area contributed by atoms with Gasteiger partial charge in [-0.3, -0.25) is 4.90 Å². The Morgan fingerprint density at radius 1 is 1.03 bits per heavy atom. The monoisotopic (exact) mass is 472 g/mol. The summed E-state index contributed by atoms with van der Waals surface area (Å²) >= 11 is 0. The molecule has 2 aliphatic rings. The highest BCUT2D eigenvalue weighted by molar-refractivity contribution is 7.89. The van der Waals surface area contributed by atoms with Crippen molar-refractivity contribution in [2.24, 2.45) is 0 Å². The first-order valence-electron chi connectivity index (χ1n) is 11.1. The lowest BCUT2D eigenvalue weighted by molar-refractivity contribution is 0.0730. The number of morpholine rings is 1. The van der Waals surface area contributed by atoms with Crippen LogP contribution < -0.4 is 9.47 Å². The predicted octanol–water partition coefficient (Wildman–Crippen LogP) is 2.44. The average molecular weight is 473 g/mol. The fraction of sp³-hybridized carbons (Fsp3) is 0.435. The van der Waals surface area contributed by atoms with Crippen molar-refractivity contribution < 1.29 is 22.6 Å². The molecule has 0 saturated carbocycles. The van der Waals surface area contributed by atoms with E-state index in [9.17, 15) is 8.42 Å². The number of benzene rings is 2. The number of fused-ring (bicyclic) bond motifs is 2. The second kappa shape index (κ2) is 8.94. The highest BCUT2D eigenvalue weighted by Gasteiger charge is 2.27. The average Bonchev–Trinajstić information content (AvgIpc) is 3.42. The molecule has 0 amide bonds. The van der Waals surface area contributed by atoms with E-state index in [0.29, 0.717) is 38.4 Å². The van der Waals surface area contributed by atoms with Crippen LogP contribution in [0.5, 0.6) is 11.5 Å². The zero-order valence-corrected chi connectivity index (χ0v) is 19.7. The van der Waals surface area contributed by atoms with Gasteiger partial charge in [0.05, 0.1) is 35.7 Å². The minimum Gasteiger partial charge on any atom is -0.454 e. The summed E-state index contributed by atoms with van der Waals surface area (Å²) in [6, 6.07) is 11.2. The fourth-order valence-electron chi connectivity index (χ4n) is 4.38. The summed E-state index contributed by atoms with van der Waals surface area (Å²) in [5.41, 5.74) is 2.75. The maximum absolute atomic E-state index is 13.1. The number of rotatable bonds is 7. The lowest BCUT2D eigenvalue weighted by Gasteiger charge is -2.26. The topological polar surface area (TPSA) is 86.1 Å². The van der Waals surface area contributed by atoms with E-state index in [1.54, 1.807) is 12.1 Å². The number of hydrogen-bond donors (Lipinski definition) is 0. The second-order valence-corrected chi connectivity index (χ2v) is 10.2. The van der Waals surface area contributed by atoms with Crippen LogP contribution in [0.3, 0.4) is 0 Å². The molecular formula is C23H28N4O5S. The van der Waals surface area contributed by atoms with Gasteiger partial charge in [0.1, 0.15) is 5.82 Å². The van der Waals surface area contributed by atoms with Crippen LogP contribution in [0.25, 0.3) is 11.0 Å². The molecule has 5 rings (SSSR count). The van der Waals surface area contributed by atoms with Crippen LogP contribution in [0.15, 0.2) is 41.3 Å². The zero-order valence-electron chi connectivity index (χ0n) is 18.9. The summed E-state index contributed by atoms with van der Waals surface area (Å²) in [5.74, 6) is 2.45. The first-order valence-corrected chi connectivity index (χ1v) is 12.5. The molecule has 1 saturated heterocycles. The standard InChI is InChI=1S/C23H28N4O5S/c1-3-27-20-6-5-18(33(28,29)26-8-10-30-11-9-26)13-19(20)24-23(27)15-25(2)14-17-4-7-21-22(12-17)32-16-31-21/h4-7,12-13H,3,8-11,14-16H2,1-2H3. The molecule has 0 atom stereocenters. The number of aromatic nitrogens is 2. The molecule has 0 unspecified atom stereocenters. The van der Waals surface area contributed by atoms with Crippen LogP contribution in [0.2, 0.25) is 0 Å². The van der Waals surface area contributed by atoms with Crippen molar-refractivity contribution in [1.29, 1.82) is 0 Å². The second-order valence-electron chi connectivity index (χ2n) is 8.30. The highest BCUT2D eigenvalue weighted by atomic mass is 32.2. The van der Waals surface area contributed by atoms with E-state index in [0.717, 1.165) is 41.5 Å². The third kappa shape index (κ3) is 4.31. The van der Waals surface area contributed by atoms with Crippen LogP contribution in [0, 0.1) is 0 Å². The molecule has 0 aliphatic carbocycles. The van der Waals surface area contributed by atoms with Gasteiger partial charge in [0.25, 0.3) is 0 Å². The smallest absolute Gasteiger partial charge is 0.243 e. The van der Waals surface area contributed by atoms with Gasteiger partial charge in [-0.1, -0.05) is 6.07 Å². The van der Waals surface area contributed by atoms with Gasteiger partial charge in [0, 0.05) is 26.2 Å². The molecule has 9 nitrogen and oxygen atoms in total. The van der Waals surface area contributed by atoms with E-state index in [1.807, 2.05) is 31.3 Å². The zero-order chi connectivity index (χ0) is 23.0. The summed E-state index contributed by atoms with van der Waals surface area (Å²) in [5, 5.41) is 0. The van der Waals surface area contributed by atoms with Gasteiger partial charge in [-0.05, 0) is 49.9 Å². The van der Waals surface area contributed by atoms with Gasteiger partial charge in [-0.25, -0.2) is 13.4 Å². The van der Waals surface area contributed by atoms with Crippen LogP contribution in [0.1, 0.15) is 18.3 Å². The first-order chi connectivity index (χ1) is 16.0. The number of nitrogens with zero attached hydrogens (tertiary/aromatic N) is 4. The molecule has 176 valence electrons. The molecule has 3 heterocycles. The third-order valence-electron chi connectivity index (χ3n) is 6.02. The van der Waals surface area contributed by atoms with Gasteiger partial charge < -0.3 is 18.8 Å². The van der Waals surface area contributed by atoms with E-state index >= 15 is 0 Å². The number of hydrogen-bond acceptors (Lipinski definition) is 7. The van der Waals surface area contributed by atoms with E-state index in [-0.39, 0.29) is 11.7 Å². The molecule has 2 aliphatic heterocycles. The molecule has 33 heavy (non-hydrogen) atoms. The number of ether oxygens (including phenoxy) is 3. The minimum absolute atomic E-state index is 0.262. The van der Waals surface area contributed by atoms with Crippen molar-refractivity contribution >= 4 is 21.1 Å². The summed E-state index contributed by atoms with van der Waals surface area (Å²) in [4.78, 5) is 7.26. The summed E-state index contributed by atoms with van der Waals surface area (Å²) in [6.45, 7) is 6.03. The van der Waals surface area contributed by atoms with E-state index in [4.69, 9.17) is 19.2 Å². The lowest BCUT2D eigenvalue weighted by Crippen LogP contribution is -2.40. The summed E-state index contributed by atoms with van der Waals surface area (Å²) in [7, 11) is -1.52. The first kappa shape index (κ1) is 22.1. The van der Waals surface area contributed by atoms with Crippen molar-refractivity contribution in [3.8, 4) is 11.5 Å². The normalized spacial score (nSPS) is 16.7. The Morgan fingerprint density at radius 3 is 2.61 bits per heavy atom. The molecule has 0 radical (unpaired) electrons. The van der Waals surface area contributed by atoms with Crippen molar-refractivity contribution in [2.45, 2.75) is 31.5 Å². The van der Waals surface area contributed by atoms with Gasteiger partial charge in [0.2, 0.25) is 16.8 Å². The number of imidazole rings is 1. The Balaban J connectivity index is 1.37. The van der Waals surface area contributed by atoms with Crippen LogP contribution >= 0.6 is 0 Å². The Labute approximate surface area is 193 Å².